The first-order valence-corrected chi connectivity index (χ1v) is 14.5. The number of nitrogens with one attached hydrogen (secondary N) is 1. The summed E-state index contributed by atoms with van der Waals surface area (Å²) in [5, 5.41) is 2.73. The predicted octanol–water partition coefficient (Wildman–Crippen LogP) is 7.31. The molecular formula is C36H26ClN3O5. The molecule has 1 aliphatic rings. The zero-order valence-corrected chi connectivity index (χ0v) is 24.8. The van der Waals surface area contributed by atoms with E-state index < -0.39 is 23.8 Å². The highest BCUT2D eigenvalue weighted by Crippen LogP contribution is 2.38. The Morgan fingerprint density at radius 3 is 2.02 bits per heavy atom. The van der Waals surface area contributed by atoms with Crippen LogP contribution in [0.3, 0.4) is 0 Å². The van der Waals surface area contributed by atoms with Gasteiger partial charge >= 0.3 is 12.0 Å². The molecule has 1 N–H and O–H groups in total. The summed E-state index contributed by atoms with van der Waals surface area (Å²) in [7, 11) is 0. The summed E-state index contributed by atoms with van der Waals surface area (Å²) < 4.78 is 7.18. The summed E-state index contributed by atoms with van der Waals surface area (Å²) in [4.78, 5) is 53.0. The number of carbonyl (C=O) groups excluding carboxylic acids is 4. The molecule has 222 valence electrons. The maximum absolute atomic E-state index is 13.8. The Kier molecular flexibility index (Phi) is 8.14. The van der Waals surface area contributed by atoms with Crippen LogP contribution in [0.2, 0.25) is 5.02 Å². The zero-order chi connectivity index (χ0) is 31.5. The number of anilines is 1. The van der Waals surface area contributed by atoms with E-state index in [-0.39, 0.29) is 17.9 Å². The smallest absolute Gasteiger partial charge is 0.338 e. The third-order valence-electron chi connectivity index (χ3n) is 7.27. The van der Waals surface area contributed by atoms with Crippen molar-refractivity contribution in [1.82, 2.24) is 9.88 Å². The van der Waals surface area contributed by atoms with Crippen molar-refractivity contribution in [3.05, 3.63) is 137 Å². The minimum absolute atomic E-state index is 0.212. The number of carbonyl (C=O) groups is 4. The Labute approximate surface area is 264 Å². The molecule has 6 rings (SSSR count). The van der Waals surface area contributed by atoms with Crippen molar-refractivity contribution in [2.24, 2.45) is 0 Å². The highest BCUT2D eigenvalue weighted by atomic mass is 35.5. The van der Waals surface area contributed by atoms with Crippen molar-refractivity contribution in [2.75, 3.05) is 11.5 Å². The Morgan fingerprint density at radius 1 is 0.800 bits per heavy atom. The van der Waals surface area contributed by atoms with E-state index in [0.717, 1.165) is 27.4 Å². The second kappa shape index (κ2) is 12.5. The normalized spacial score (nSPS) is 14.0. The third kappa shape index (κ3) is 5.79. The van der Waals surface area contributed by atoms with Gasteiger partial charge in [0.2, 0.25) is 0 Å². The van der Waals surface area contributed by atoms with Gasteiger partial charge < -0.3 is 9.30 Å². The van der Waals surface area contributed by atoms with E-state index >= 15 is 0 Å². The molecule has 1 aliphatic heterocycles. The van der Waals surface area contributed by atoms with E-state index in [1.165, 1.54) is 18.2 Å². The molecule has 4 amide bonds. The highest BCUT2D eigenvalue weighted by molar-refractivity contribution is 6.39. The van der Waals surface area contributed by atoms with Crippen molar-refractivity contribution in [3.63, 3.8) is 0 Å². The molecule has 9 heteroatoms. The van der Waals surface area contributed by atoms with Gasteiger partial charge in [-0.05, 0) is 78.7 Å². The van der Waals surface area contributed by atoms with E-state index in [1.807, 2.05) is 83.4 Å². The topological polar surface area (TPSA) is 97.7 Å². The first-order chi connectivity index (χ1) is 21.9. The molecule has 1 aromatic heterocycles. The van der Waals surface area contributed by atoms with Crippen molar-refractivity contribution in [3.8, 4) is 28.2 Å². The van der Waals surface area contributed by atoms with Gasteiger partial charge in [-0.2, -0.15) is 0 Å². The number of imide groups is 2. The second-order valence-electron chi connectivity index (χ2n) is 10.1. The molecule has 4 aromatic carbocycles. The zero-order valence-electron chi connectivity index (χ0n) is 24.1. The van der Waals surface area contributed by atoms with Crippen LogP contribution in [0.4, 0.5) is 10.5 Å². The molecular weight excluding hydrogens is 590 g/mol. The Morgan fingerprint density at radius 2 is 1.40 bits per heavy atom. The van der Waals surface area contributed by atoms with Gasteiger partial charge in [0.25, 0.3) is 11.8 Å². The van der Waals surface area contributed by atoms with E-state index in [2.05, 4.69) is 5.32 Å². The first kappa shape index (κ1) is 29.3. The number of halogens is 1. The van der Waals surface area contributed by atoms with Gasteiger partial charge in [0, 0.05) is 16.3 Å². The van der Waals surface area contributed by atoms with Crippen molar-refractivity contribution >= 4 is 47.2 Å². The van der Waals surface area contributed by atoms with Gasteiger partial charge in [-0.15, -0.1) is 0 Å². The number of rotatable bonds is 7. The van der Waals surface area contributed by atoms with Gasteiger partial charge in [-0.25, -0.2) is 14.5 Å². The lowest BCUT2D eigenvalue weighted by Crippen LogP contribution is -2.54. The van der Waals surface area contributed by atoms with Crippen LogP contribution in [0.15, 0.2) is 121 Å². The van der Waals surface area contributed by atoms with Crippen LogP contribution >= 0.6 is 11.6 Å². The third-order valence-corrected chi connectivity index (χ3v) is 7.52. The fourth-order valence-corrected chi connectivity index (χ4v) is 5.35. The van der Waals surface area contributed by atoms with Crippen molar-refractivity contribution in [2.45, 2.75) is 6.92 Å². The van der Waals surface area contributed by atoms with Crippen LogP contribution in [-0.4, -0.2) is 35.0 Å². The molecule has 0 unspecified atom stereocenters. The lowest BCUT2D eigenvalue weighted by atomic mass is 10.0. The number of benzene rings is 4. The predicted molar refractivity (Wildman–Crippen MR) is 173 cm³/mol. The molecule has 0 bridgehead atoms. The van der Waals surface area contributed by atoms with Crippen LogP contribution in [0, 0.1) is 0 Å². The number of amides is 4. The van der Waals surface area contributed by atoms with Gasteiger partial charge in [-0.1, -0.05) is 72.3 Å². The lowest BCUT2D eigenvalue weighted by molar-refractivity contribution is -0.122. The van der Waals surface area contributed by atoms with Crippen LogP contribution in [0.25, 0.3) is 34.3 Å². The Balaban J connectivity index is 1.57. The molecule has 1 saturated heterocycles. The average Bonchev–Trinajstić information content (AvgIpc) is 3.44. The number of hydrogen-bond acceptors (Lipinski definition) is 5. The maximum Gasteiger partial charge on any atom is 0.338 e. The van der Waals surface area contributed by atoms with Crippen LogP contribution in [0.1, 0.15) is 22.8 Å². The number of ether oxygens (including phenoxy) is 1. The summed E-state index contributed by atoms with van der Waals surface area (Å²) in [6, 6.07) is 33.5. The van der Waals surface area contributed by atoms with E-state index in [1.54, 1.807) is 31.2 Å². The molecule has 0 saturated carbocycles. The Bertz CT molecular complexity index is 1950. The number of urea groups is 1. The molecule has 0 spiro atoms. The van der Waals surface area contributed by atoms with Crippen molar-refractivity contribution in [1.29, 1.82) is 0 Å². The van der Waals surface area contributed by atoms with Gasteiger partial charge in [0.05, 0.1) is 29.2 Å². The number of nitrogens with zero attached hydrogens (tertiary/aromatic N) is 2. The quantitative estimate of drug-likeness (QED) is 0.118. The highest BCUT2D eigenvalue weighted by Gasteiger charge is 2.37. The average molecular weight is 616 g/mol. The largest absolute Gasteiger partial charge is 0.462 e. The summed E-state index contributed by atoms with van der Waals surface area (Å²) in [6.45, 7) is 2.02. The molecule has 0 atom stereocenters. The fraction of sp³-hybridized carbons (Fsp3) is 0.0556. The summed E-state index contributed by atoms with van der Waals surface area (Å²) in [5.41, 5.74) is 4.95. The maximum atomic E-state index is 13.8. The van der Waals surface area contributed by atoms with Crippen LogP contribution in [-0.2, 0) is 14.3 Å². The standard InChI is InChI=1S/C36H26ClN3O5/c1-2-45-35(43)25-13-17-28(18-14-25)39-31(23-9-5-3-6-10-23)22-26(32(39)24-11-7-4-8-12-24)21-30-33(41)38-36(44)40(34(30)42)29-19-15-27(37)16-20-29/h3-22H,2H2,1H3,(H,38,41,44)/b30-21-. The molecule has 0 aliphatic carbocycles. The summed E-state index contributed by atoms with van der Waals surface area (Å²) >= 11 is 6.02. The molecule has 5 aromatic rings. The number of aromatic nitrogens is 1. The second-order valence-corrected chi connectivity index (χ2v) is 10.5. The van der Waals surface area contributed by atoms with Gasteiger partial charge in [0.15, 0.2) is 0 Å². The van der Waals surface area contributed by atoms with E-state index in [4.69, 9.17) is 16.3 Å². The minimum atomic E-state index is -0.850. The minimum Gasteiger partial charge on any atom is -0.462 e. The van der Waals surface area contributed by atoms with Crippen molar-refractivity contribution < 1.29 is 23.9 Å². The molecule has 2 heterocycles. The molecule has 1 fully saturated rings. The Hall–Kier alpha value is -5.73. The SMILES string of the molecule is CCOC(=O)c1ccc(-n2c(-c3ccccc3)cc(/C=C3/C(=O)NC(=O)N(c4ccc(Cl)cc4)C3=O)c2-c2ccccc2)cc1. The fourth-order valence-electron chi connectivity index (χ4n) is 5.22. The number of esters is 1. The number of hydrogen-bond donors (Lipinski definition) is 1. The van der Waals surface area contributed by atoms with E-state index in [0.29, 0.717) is 21.8 Å². The van der Waals surface area contributed by atoms with E-state index in [9.17, 15) is 19.2 Å². The molecule has 0 radical (unpaired) electrons. The van der Waals surface area contributed by atoms with Crippen LogP contribution in [0.5, 0.6) is 0 Å². The summed E-state index contributed by atoms with van der Waals surface area (Å²) in [5.74, 6) is -1.99. The van der Waals surface area contributed by atoms with Gasteiger partial charge in [-0.3, -0.25) is 14.9 Å². The number of barbiturate groups is 1. The molecule has 8 nitrogen and oxygen atoms in total. The monoisotopic (exact) mass is 615 g/mol. The molecule has 45 heavy (non-hydrogen) atoms. The first-order valence-electron chi connectivity index (χ1n) is 14.2. The van der Waals surface area contributed by atoms with Crippen LogP contribution < -0.4 is 10.2 Å². The van der Waals surface area contributed by atoms with Gasteiger partial charge in [0.1, 0.15) is 5.57 Å². The summed E-state index contributed by atoms with van der Waals surface area (Å²) in [6.07, 6.45) is 1.51. The lowest BCUT2D eigenvalue weighted by Gasteiger charge is -2.26.